The van der Waals surface area contributed by atoms with Gasteiger partial charge in [0, 0.05) is 0 Å². The molecular formula is C22H44O2. The van der Waals surface area contributed by atoms with Gasteiger partial charge in [-0.15, -0.1) is 0 Å². The molecule has 0 aliphatic heterocycles. The predicted octanol–water partition coefficient (Wildman–Crippen LogP) is 7.30. The Bertz CT molecular complexity index is 273. The SMILES string of the molecule is CCCCCCCCCCC(CCCCCC)COC(=O)C(C)C. The van der Waals surface area contributed by atoms with Crippen molar-refractivity contribution in [1.29, 1.82) is 0 Å². The molecule has 24 heavy (non-hydrogen) atoms. The van der Waals surface area contributed by atoms with Crippen LogP contribution in [-0.4, -0.2) is 12.6 Å². The lowest BCUT2D eigenvalue weighted by Crippen LogP contribution is -2.18. The van der Waals surface area contributed by atoms with Gasteiger partial charge < -0.3 is 4.74 Å². The molecule has 0 amide bonds. The average molecular weight is 341 g/mol. The molecule has 0 saturated heterocycles. The van der Waals surface area contributed by atoms with E-state index in [0.717, 1.165) is 0 Å². The molecule has 2 heteroatoms. The Balaban J connectivity index is 3.85. The summed E-state index contributed by atoms with van der Waals surface area (Å²) >= 11 is 0. The molecule has 0 aliphatic rings. The Morgan fingerprint density at radius 1 is 0.708 bits per heavy atom. The zero-order chi connectivity index (χ0) is 18.0. The third kappa shape index (κ3) is 15.0. The van der Waals surface area contributed by atoms with Gasteiger partial charge in [0.25, 0.3) is 0 Å². The van der Waals surface area contributed by atoms with Crippen LogP contribution in [0.15, 0.2) is 0 Å². The van der Waals surface area contributed by atoms with Crippen molar-refractivity contribution in [2.24, 2.45) is 11.8 Å². The molecule has 0 saturated carbocycles. The lowest BCUT2D eigenvalue weighted by atomic mass is 9.95. The fraction of sp³-hybridized carbons (Fsp3) is 0.955. The highest BCUT2D eigenvalue weighted by molar-refractivity contribution is 5.71. The van der Waals surface area contributed by atoms with E-state index in [2.05, 4.69) is 13.8 Å². The van der Waals surface area contributed by atoms with Crippen LogP contribution in [0.4, 0.5) is 0 Å². The Morgan fingerprint density at radius 2 is 1.12 bits per heavy atom. The molecule has 0 spiro atoms. The van der Waals surface area contributed by atoms with Crippen molar-refractivity contribution in [2.45, 2.75) is 118 Å². The van der Waals surface area contributed by atoms with Crippen molar-refractivity contribution in [2.75, 3.05) is 6.61 Å². The summed E-state index contributed by atoms with van der Waals surface area (Å²) in [4.78, 5) is 11.7. The van der Waals surface area contributed by atoms with Gasteiger partial charge in [-0.1, -0.05) is 105 Å². The molecule has 0 aromatic heterocycles. The van der Waals surface area contributed by atoms with E-state index >= 15 is 0 Å². The zero-order valence-corrected chi connectivity index (χ0v) is 17.1. The fourth-order valence-corrected chi connectivity index (χ4v) is 3.10. The van der Waals surface area contributed by atoms with Gasteiger partial charge >= 0.3 is 5.97 Å². The number of unbranched alkanes of at least 4 members (excludes halogenated alkanes) is 10. The summed E-state index contributed by atoms with van der Waals surface area (Å²) in [6.45, 7) is 8.99. The molecule has 2 nitrogen and oxygen atoms in total. The van der Waals surface area contributed by atoms with Crippen molar-refractivity contribution >= 4 is 5.97 Å². The fourth-order valence-electron chi connectivity index (χ4n) is 3.10. The minimum absolute atomic E-state index is 0.00568. The molecule has 0 aromatic rings. The monoisotopic (exact) mass is 340 g/mol. The van der Waals surface area contributed by atoms with Crippen LogP contribution in [0.5, 0.6) is 0 Å². The number of carbonyl (C=O) groups excluding carboxylic acids is 1. The largest absolute Gasteiger partial charge is 0.465 e. The van der Waals surface area contributed by atoms with E-state index in [4.69, 9.17) is 4.74 Å². The van der Waals surface area contributed by atoms with Crippen LogP contribution < -0.4 is 0 Å². The minimum Gasteiger partial charge on any atom is -0.465 e. The number of hydrogen-bond acceptors (Lipinski definition) is 2. The maximum atomic E-state index is 11.7. The lowest BCUT2D eigenvalue weighted by molar-refractivity contribution is -0.148. The molecule has 0 heterocycles. The van der Waals surface area contributed by atoms with Crippen LogP contribution in [0.2, 0.25) is 0 Å². The second-order valence-electron chi connectivity index (χ2n) is 7.76. The van der Waals surface area contributed by atoms with Crippen molar-refractivity contribution in [3.63, 3.8) is 0 Å². The molecule has 0 bridgehead atoms. The smallest absolute Gasteiger partial charge is 0.308 e. The molecule has 1 unspecified atom stereocenters. The highest BCUT2D eigenvalue weighted by atomic mass is 16.5. The van der Waals surface area contributed by atoms with Gasteiger partial charge in [0.15, 0.2) is 0 Å². The summed E-state index contributed by atoms with van der Waals surface area (Å²) in [5.74, 6) is 0.531. The van der Waals surface area contributed by atoms with Crippen LogP contribution in [-0.2, 0) is 9.53 Å². The van der Waals surface area contributed by atoms with Crippen LogP contribution >= 0.6 is 0 Å². The normalized spacial score (nSPS) is 12.5. The third-order valence-electron chi connectivity index (χ3n) is 4.86. The number of esters is 1. The second kappa shape index (κ2) is 17.3. The van der Waals surface area contributed by atoms with Gasteiger partial charge in [-0.25, -0.2) is 0 Å². The summed E-state index contributed by atoms with van der Waals surface area (Å²) in [6.07, 6.45) is 18.6. The Kier molecular flexibility index (Phi) is 16.9. The van der Waals surface area contributed by atoms with Crippen LogP contribution in [0.25, 0.3) is 0 Å². The zero-order valence-electron chi connectivity index (χ0n) is 17.1. The van der Waals surface area contributed by atoms with Gasteiger partial charge in [0.05, 0.1) is 12.5 Å². The first-order valence-electron chi connectivity index (χ1n) is 10.8. The van der Waals surface area contributed by atoms with Crippen molar-refractivity contribution in [1.82, 2.24) is 0 Å². The third-order valence-corrected chi connectivity index (χ3v) is 4.86. The Hall–Kier alpha value is -0.530. The summed E-state index contributed by atoms with van der Waals surface area (Å²) in [5.41, 5.74) is 0. The molecule has 0 N–H and O–H groups in total. The van der Waals surface area contributed by atoms with Gasteiger partial charge in [0.2, 0.25) is 0 Å². The van der Waals surface area contributed by atoms with Gasteiger partial charge in [-0.05, 0) is 18.8 Å². The molecule has 0 radical (unpaired) electrons. The first-order chi connectivity index (χ1) is 11.6. The van der Waals surface area contributed by atoms with E-state index in [1.165, 1.54) is 89.9 Å². The van der Waals surface area contributed by atoms with E-state index in [9.17, 15) is 4.79 Å². The first-order valence-corrected chi connectivity index (χ1v) is 10.8. The number of rotatable bonds is 17. The Labute approximate surface area is 152 Å². The first kappa shape index (κ1) is 23.5. The molecular weight excluding hydrogens is 296 g/mol. The quantitative estimate of drug-likeness (QED) is 0.205. The van der Waals surface area contributed by atoms with Crippen LogP contribution in [0.1, 0.15) is 118 Å². The van der Waals surface area contributed by atoms with Crippen molar-refractivity contribution in [3.8, 4) is 0 Å². The lowest BCUT2D eigenvalue weighted by Gasteiger charge is -2.18. The minimum atomic E-state index is -0.0375. The van der Waals surface area contributed by atoms with E-state index in [1.54, 1.807) is 0 Å². The summed E-state index contributed by atoms with van der Waals surface area (Å²) in [6, 6.07) is 0. The molecule has 0 rings (SSSR count). The van der Waals surface area contributed by atoms with Crippen molar-refractivity contribution in [3.05, 3.63) is 0 Å². The molecule has 1 atom stereocenters. The highest BCUT2D eigenvalue weighted by Crippen LogP contribution is 2.20. The van der Waals surface area contributed by atoms with Gasteiger partial charge in [-0.2, -0.15) is 0 Å². The number of ether oxygens (including phenoxy) is 1. The number of hydrogen-bond donors (Lipinski definition) is 0. The molecule has 144 valence electrons. The van der Waals surface area contributed by atoms with Crippen LogP contribution in [0.3, 0.4) is 0 Å². The van der Waals surface area contributed by atoms with E-state index in [1.807, 2.05) is 13.8 Å². The van der Waals surface area contributed by atoms with Crippen molar-refractivity contribution < 1.29 is 9.53 Å². The molecule has 0 fully saturated rings. The predicted molar refractivity (Wildman–Crippen MR) is 105 cm³/mol. The summed E-state index contributed by atoms with van der Waals surface area (Å²) in [5, 5.41) is 0. The average Bonchev–Trinajstić information content (AvgIpc) is 2.57. The molecule has 0 aliphatic carbocycles. The van der Waals surface area contributed by atoms with E-state index < -0.39 is 0 Å². The van der Waals surface area contributed by atoms with Gasteiger partial charge in [-0.3, -0.25) is 4.79 Å². The van der Waals surface area contributed by atoms with E-state index in [-0.39, 0.29) is 11.9 Å². The number of carbonyl (C=O) groups is 1. The maximum Gasteiger partial charge on any atom is 0.308 e. The second-order valence-corrected chi connectivity index (χ2v) is 7.76. The topological polar surface area (TPSA) is 26.3 Å². The highest BCUT2D eigenvalue weighted by Gasteiger charge is 2.14. The van der Waals surface area contributed by atoms with E-state index in [0.29, 0.717) is 12.5 Å². The molecule has 0 aromatic carbocycles. The van der Waals surface area contributed by atoms with Gasteiger partial charge in [0.1, 0.15) is 0 Å². The maximum absolute atomic E-state index is 11.7. The summed E-state index contributed by atoms with van der Waals surface area (Å²) in [7, 11) is 0. The Morgan fingerprint density at radius 3 is 1.58 bits per heavy atom. The summed E-state index contributed by atoms with van der Waals surface area (Å²) < 4.78 is 5.51. The standard InChI is InChI=1S/C22H44O2/c1-5-7-9-11-12-13-14-16-18-21(17-15-10-8-6-2)19-24-22(23)20(3)4/h20-21H,5-19H2,1-4H3. The van der Waals surface area contributed by atoms with Crippen LogP contribution in [0, 0.1) is 11.8 Å².